The number of benzene rings is 2. The molecule has 2 aliphatic rings. The first-order chi connectivity index (χ1) is 12.6. The smallest absolute Gasteiger partial charge is 0.226 e. The lowest BCUT2D eigenvalue weighted by atomic mass is 9.89. The number of nitrogens with zero attached hydrogens (tertiary/aromatic N) is 1. The van der Waals surface area contributed by atoms with Crippen molar-refractivity contribution < 1.29 is 4.79 Å². The Balaban J connectivity index is 0.00000210. The summed E-state index contributed by atoms with van der Waals surface area (Å²) < 4.78 is 0. The van der Waals surface area contributed by atoms with Crippen LogP contribution in [0.3, 0.4) is 0 Å². The van der Waals surface area contributed by atoms with Gasteiger partial charge < -0.3 is 10.6 Å². The largest absolute Gasteiger partial charge is 0.341 e. The van der Waals surface area contributed by atoms with Gasteiger partial charge in [-0.05, 0) is 54.1 Å². The van der Waals surface area contributed by atoms with Gasteiger partial charge in [-0.3, -0.25) is 4.79 Å². The lowest BCUT2D eigenvalue weighted by Crippen LogP contribution is -2.31. The molecule has 0 spiro atoms. The van der Waals surface area contributed by atoms with E-state index >= 15 is 0 Å². The Bertz CT molecular complexity index is 794. The zero-order valence-electron chi connectivity index (χ0n) is 14.9. The number of likely N-dealkylation sites (tertiary alicyclic amines) is 1. The molecule has 6 heteroatoms. The molecule has 4 atom stereocenters. The van der Waals surface area contributed by atoms with Crippen molar-refractivity contribution in [2.45, 2.75) is 18.3 Å². The van der Waals surface area contributed by atoms with E-state index in [-0.39, 0.29) is 30.2 Å². The highest BCUT2D eigenvalue weighted by atomic mass is 35.5. The second-order valence-corrected chi connectivity index (χ2v) is 8.28. The Hall–Kier alpha value is -1.26. The van der Waals surface area contributed by atoms with Crippen molar-refractivity contribution >= 4 is 41.5 Å². The van der Waals surface area contributed by atoms with E-state index in [4.69, 9.17) is 28.9 Å². The zero-order chi connectivity index (χ0) is 18.3. The van der Waals surface area contributed by atoms with Crippen LogP contribution < -0.4 is 5.73 Å². The van der Waals surface area contributed by atoms with Crippen LogP contribution in [0.15, 0.2) is 48.5 Å². The summed E-state index contributed by atoms with van der Waals surface area (Å²) in [7, 11) is 0. The van der Waals surface area contributed by atoms with Crippen LogP contribution in [0.1, 0.15) is 29.4 Å². The molecule has 2 aromatic rings. The number of hydrogen-bond acceptors (Lipinski definition) is 2. The molecule has 1 aliphatic carbocycles. The minimum atomic E-state index is 0. The van der Waals surface area contributed by atoms with Gasteiger partial charge in [0.05, 0.1) is 0 Å². The molecule has 2 N–H and O–H groups in total. The van der Waals surface area contributed by atoms with E-state index < -0.39 is 0 Å². The van der Waals surface area contributed by atoms with Crippen molar-refractivity contribution in [1.82, 2.24) is 4.90 Å². The van der Waals surface area contributed by atoms with Gasteiger partial charge in [0.2, 0.25) is 5.91 Å². The highest BCUT2D eigenvalue weighted by Crippen LogP contribution is 2.50. The van der Waals surface area contributed by atoms with E-state index in [1.54, 1.807) is 6.07 Å². The molecule has 2 fully saturated rings. The molecule has 27 heavy (non-hydrogen) atoms. The van der Waals surface area contributed by atoms with Gasteiger partial charge in [-0.1, -0.05) is 53.5 Å². The summed E-state index contributed by atoms with van der Waals surface area (Å²) in [5.41, 5.74) is 8.34. The second-order valence-electron chi connectivity index (χ2n) is 7.41. The number of amides is 1. The van der Waals surface area contributed by atoms with E-state index in [1.807, 2.05) is 35.2 Å². The summed E-state index contributed by atoms with van der Waals surface area (Å²) in [5, 5.41) is 1.25. The minimum absolute atomic E-state index is 0. The van der Waals surface area contributed by atoms with Crippen LogP contribution in [-0.4, -0.2) is 30.4 Å². The second kappa shape index (κ2) is 8.40. The quantitative estimate of drug-likeness (QED) is 0.770. The number of hydrogen-bond donors (Lipinski definition) is 1. The standard InChI is InChI=1S/C21H22Cl2N2O.ClH/c22-16-6-14(7-17(23)8-16)18-9-19(18)21(26)25-11-15(10-24)20(12-25)13-4-2-1-3-5-13;/h1-8,15,18-20H,9-12,24H2;1H/t15-,18?,19?,20+;/m1./s1. The summed E-state index contributed by atoms with van der Waals surface area (Å²) in [5.74, 6) is 1.15. The first-order valence-corrected chi connectivity index (χ1v) is 9.82. The maximum Gasteiger partial charge on any atom is 0.226 e. The maximum absolute atomic E-state index is 13.0. The van der Waals surface area contributed by atoms with Crippen molar-refractivity contribution in [3.8, 4) is 0 Å². The fraction of sp³-hybridized carbons (Fsp3) is 0.381. The fourth-order valence-corrected chi connectivity index (χ4v) is 4.77. The molecule has 0 radical (unpaired) electrons. The van der Waals surface area contributed by atoms with Gasteiger partial charge in [0.15, 0.2) is 0 Å². The zero-order valence-corrected chi connectivity index (χ0v) is 17.2. The molecule has 1 saturated heterocycles. The lowest BCUT2D eigenvalue weighted by molar-refractivity contribution is -0.131. The summed E-state index contributed by atoms with van der Waals surface area (Å²) in [6.45, 7) is 2.10. The molecule has 2 unspecified atom stereocenters. The lowest BCUT2D eigenvalue weighted by Gasteiger charge is -2.17. The van der Waals surface area contributed by atoms with E-state index in [0.717, 1.165) is 25.1 Å². The van der Waals surface area contributed by atoms with E-state index in [0.29, 0.717) is 28.4 Å². The topological polar surface area (TPSA) is 46.3 Å². The summed E-state index contributed by atoms with van der Waals surface area (Å²) in [6, 6.07) is 16.0. The molecule has 4 rings (SSSR count). The van der Waals surface area contributed by atoms with E-state index in [2.05, 4.69) is 12.1 Å². The molecule has 0 bridgehead atoms. The molecule has 1 amide bonds. The monoisotopic (exact) mass is 424 g/mol. The van der Waals surface area contributed by atoms with Gasteiger partial charge in [0.25, 0.3) is 0 Å². The summed E-state index contributed by atoms with van der Waals surface area (Å²) >= 11 is 12.2. The summed E-state index contributed by atoms with van der Waals surface area (Å²) in [6.07, 6.45) is 0.870. The predicted octanol–water partition coefficient (Wildman–Crippen LogP) is 4.72. The molecule has 2 aromatic carbocycles. The predicted molar refractivity (Wildman–Crippen MR) is 113 cm³/mol. The first-order valence-electron chi connectivity index (χ1n) is 9.06. The third-order valence-electron chi connectivity index (χ3n) is 5.70. The highest BCUT2D eigenvalue weighted by molar-refractivity contribution is 6.34. The Labute approximate surface area is 176 Å². The SMILES string of the molecule is Cl.NC[C@@H]1CN(C(=O)C2CC2c2cc(Cl)cc(Cl)c2)C[C@H]1c1ccccc1. The van der Waals surface area contributed by atoms with Gasteiger partial charge >= 0.3 is 0 Å². The number of rotatable bonds is 4. The Morgan fingerprint density at radius 2 is 1.67 bits per heavy atom. The molecule has 144 valence electrons. The average molecular weight is 426 g/mol. The van der Waals surface area contributed by atoms with Crippen LogP contribution in [0.25, 0.3) is 0 Å². The molecular formula is C21H23Cl3N2O. The van der Waals surface area contributed by atoms with Crippen LogP contribution in [-0.2, 0) is 4.79 Å². The van der Waals surface area contributed by atoms with Crippen LogP contribution in [0.5, 0.6) is 0 Å². The van der Waals surface area contributed by atoms with Crippen molar-refractivity contribution in [2.75, 3.05) is 19.6 Å². The molecule has 1 aliphatic heterocycles. The van der Waals surface area contributed by atoms with Gasteiger partial charge in [-0.2, -0.15) is 0 Å². The number of halogens is 3. The Morgan fingerprint density at radius 3 is 2.30 bits per heavy atom. The Morgan fingerprint density at radius 1 is 1.00 bits per heavy atom. The molecular weight excluding hydrogens is 403 g/mol. The number of carbonyl (C=O) groups is 1. The normalized spacial score (nSPS) is 26.6. The van der Waals surface area contributed by atoms with Crippen molar-refractivity contribution in [1.29, 1.82) is 0 Å². The van der Waals surface area contributed by atoms with Crippen molar-refractivity contribution in [3.63, 3.8) is 0 Å². The van der Waals surface area contributed by atoms with Gasteiger partial charge in [-0.15, -0.1) is 12.4 Å². The van der Waals surface area contributed by atoms with Gasteiger partial charge in [0, 0.05) is 35.0 Å². The van der Waals surface area contributed by atoms with Crippen LogP contribution in [0.4, 0.5) is 0 Å². The minimum Gasteiger partial charge on any atom is -0.341 e. The Kier molecular flexibility index (Phi) is 6.37. The average Bonchev–Trinajstić information content (AvgIpc) is 3.32. The summed E-state index contributed by atoms with van der Waals surface area (Å²) in [4.78, 5) is 15.0. The van der Waals surface area contributed by atoms with Crippen molar-refractivity contribution in [3.05, 3.63) is 69.7 Å². The molecule has 1 heterocycles. The molecule has 1 saturated carbocycles. The molecule has 3 nitrogen and oxygen atoms in total. The maximum atomic E-state index is 13.0. The van der Waals surface area contributed by atoms with E-state index in [9.17, 15) is 4.79 Å². The van der Waals surface area contributed by atoms with Crippen molar-refractivity contribution in [2.24, 2.45) is 17.6 Å². The van der Waals surface area contributed by atoms with Crippen LogP contribution in [0, 0.1) is 11.8 Å². The number of carbonyl (C=O) groups excluding carboxylic acids is 1. The fourth-order valence-electron chi connectivity index (χ4n) is 4.23. The van der Waals surface area contributed by atoms with Gasteiger partial charge in [-0.25, -0.2) is 0 Å². The van der Waals surface area contributed by atoms with Gasteiger partial charge in [0.1, 0.15) is 0 Å². The van der Waals surface area contributed by atoms with Crippen LogP contribution in [0.2, 0.25) is 10.0 Å². The third kappa shape index (κ3) is 4.27. The third-order valence-corrected chi connectivity index (χ3v) is 6.14. The highest BCUT2D eigenvalue weighted by Gasteiger charge is 2.48. The number of nitrogens with two attached hydrogens (primary N) is 1. The van der Waals surface area contributed by atoms with Crippen LogP contribution >= 0.6 is 35.6 Å². The first kappa shape index (κ1) is 20.5. The van der Waals surface area contributed by atoms with E-state index in [1.165, 1.54) is 5.56 Å². The molecule has 0 aromatic heterocycles.